The largest absolute Gasteiger partial charge is 0.404 e. The second kappa shape index (κ2) is 11.3. The quantitative estimate of drug-likeness (QED) is 0.620. The predicted octanol–water partition coefficient (Wildman–Crippen LogP) is 3.54. The smallest absolute Gasteiger partial charge is 0.394 e. The average molecular weight is 529 g/mol. The van der Waals surface area contributed by atoms with Crippen LogP contribution < -0.4 is 0 Å². The van der Waals surface area contributed by atoms with Crippen molar-refractivity contribution in [2.45, 2.75) is 38.8 Å². The SMILES string of the molecule is C[C@H]1CN([C@@H](C)CO)C(=O)c2ccccc2-c2ccccc2CO[C@H]1CN(C)S(=O)(=O)CC(F)(F)F. The van der Waals surface area contributed by atoms with E-state index in [0.717, 1.165) is 18.2 Å². The Hall–Kier alpha value is -2.47. The first kappa shape index (κ1) is 28.1. The van der Waals surface area contributed by atoms with Gasteiger partial charge < -0.3 is 14.7 Å². The van der Waals surface area contributed by atoms with Crippen LogP contribution in [0.3, 0.4) is 0 Å². The van der Waals surface area contributed by atoms with Crippen LogP contribution >= 0.6 is 0 Å². The summed E-state index contributed by atoms with van der Waals surface area (Å²) in [4.78, 5) is 15.2. The van der Waals surface area contributed by atoms with E-state index in [4.69, 9.17) is 4.74 Å². The summed E-state index contributed by atoms with van der Waals surface area (Å²) in [6.07, 6.45) is -5.70. The van der Waals surface area contributed by atoms with Crippen LogP contribution in [0.4, 0.5) is 13.2 Å². The van der Waals surface area contributed by atoms with Gasteiger partial charge in [0.05, 0.1) is 25.4 Å². The minimum Gasteiger partial charge on any atom is -0.394 e. The number of nitrogens with zero attached hydrogens (tertiary/aromatic N) is 2. The highest BCUT2D eigenvalue weighted by molar-refractivity contribution is 7.89. The van der Waals surface area contributed by atoms with Gasteiger partial charge in [0.25, 0.3) is 5.91 Å². The number of hydrogen-bond acceptors (Lipinski definition) is 5. The zero-order chi connectivity index (χ0) is 26.7. The predicted molar refractivity (Wildman–Crippen MR) is 130 cm³/mol. The average Bonchev–Trinajstić information content (AvgIpc) is 2.83. The Balaban J connectivity index is 2.04. The van der Waals surface area contributed by atoms with Crippen LogP contribution in [0, 0.1) is 5.92 Å². The number of benzene rings is 2. The molecule has 0 aromatic heterocycles. The number of likely N-dealkylation sites (N-methyl/N-ethyl adjacent to an activating group) is 1. The second-order valence-electron chi connectivity index (χ2n) is 9.17. The third-order valence-electron chi connectivity index (χ3n) is 6.35. The molecule has 0 spiro atoms. The molecule has 0 saturated carbocycles. The number of ether oxygens (including phenoxy) is 1. The number of halogens is 3. The Labute approximate surface area is 209 Å². The molecule has 36 heavy (non-hydrogen) atoms. The molecule has 7 nitrogen and oxygen atoms in total. The van der Waals surface area contributed by atoms with Gasteiger partial charge in [0.15, 0.2) is 5.75 Å². The normalized spacial score (nSPS) is 20.4. The molecule has 3 rings (SSSR count). The molecule has 1 heterocycles. The van der Waals surface area contributed by atoms with Crippen molar-refractivity contribution in [3.8, 4) is 11.1 Å². The van der Waals surface area contributed by atoms with Gasteiger partial charge in [-0.15, -0.1) is 0 Å². The Morgan fingerprint density at radius 2 is 1.69 bits per heavy atom. The molecule has 0 radical (unpaired) electrons. The van der Waals surface area contributed by atoms with Crippen LogP contribution in [0.1, 0.15) is 29.8 Å². The fourth-order valence-electron chi connectivity index (χ4n) is 4.24. The fourth-order valence-corrected chi connectivity index (χ4v) is 5.24. The number of sulfonamides is 1. The monoisotopic (exact) mass is 528 g/mol. The highest BCUT2D eigenvalue weighted by Gasteiger charge is 2.39. The maximum Gasteiger partial charge on any atom is 0.404 e. The summed E-state index contributed by atoms with van der Waals surface area (Å²) in [6.45, 7) is 2.97. The molecule has 1 aliphatic rings. The first-order valence-electron chi connectivity index (χ1n) is 11.6. The minimum atomic E-state index is -4.88. The number of carbonyl (C=O) groups is 1. The lowest BCUT2D eigenvalue weighted by Crippen LogP contribution is -2.48. The summed E-state index contributed by atoms with van der Waals surface area (Å²) in [6, 6.07) is 13.9. The molecule has 1 amide bonds. The molecule has 2 aromatic carbocycles. The summed E-state index contributed by atoms with van der Waals surface area (Å²) < 4.78 is 70.0. The summed E-state index contributed by atoms with van der Waals surface area (Å²) in [5.41, 5.74) is 2.64. The van der Waals surface area contributed by atoms with E-state index in [0.29, 0.717) is 15.4 Å². The minimum absolute atomic E-state index is 0.0659. The van der Waals surface area contributed by atoms with Gasteiger partial charge in [-0.1, -0.05) is 49.4 Å². The van der Waals surface area contributed by atoms with Crippen LogP contribution in [-0.4, -0.2) is 79.5 Å². The number of hydrogen-bond donors (Lipinski definition) is 1. The van der Waals surface area contributed by atoms with Crippen molar-refractivity contribution < 1.29 is 36.2 Å². The van der Waals surface area contributed by atoms with Crippen LogP contribution in [0.2, 0.25) is 0 Å². The maximum absolute atomic E-state index is 13.7. The zero-order valence-electron chi connectivity index (χ0n) is 20.4. The third kappa shape index (κ3) is 6.64. The Kier molecular flexibility index (Phi) is 8.81. The van der Waals surface area contributed by atoms with Crippen molar-refractivity contribution in [3.63, 3.8) is 0 Å². The Morgan fingerprint density at radius 3 is 2.31 bits per heavy atom. The van der Waals surface area contributed by atoms with Gasteiger partial charge >= 0.3 is 6.18 Å². The number of rotatable bonds is 6. The maximum atomic E-state index is 13.7. The van der Waals surface area contributed by atoms with Crippen molar-refractivity contribution >= 4 is 15.9 Å². The highest BCUT2D eigenvalue weighted by Crippen LogP contribution is 2.31. The fraction of sp³-hybridized carbons (Fsp3) is 0.480. The molecular weight excluding hydrogens is 497 g/mol. The number of amides is 1. The van der Waals surface area contributed by atoms with Crippen molar-refractivity contribution in [3.05, 3.63) is 59.7 Å². The van der Waals surface area contributed by atoms with Gasteiger partial charge in [-0.2, -0.15) is 13.2 Å². The van der Waals surface area contributed by atoms with Gasteiger partial charge in [-0.05, 0) is 29.7 Å². The topological polar surface area (TPSA) is 87.2 Å². The van der Waals surface area contributed by atoms with Gasteiger partial charge in [-0.25, -0.2) is 12.7 Å². The van der Waals surface area contributed by atoms with Crippen molar-refractivity contribution in [2.75, 3.05) is 32.5 Å². The molecule has 0 aliphatic carbocycles. The highest BCUT2D eigenvalue weighted by atomic mass is 32.2. The van der Waals surface area contributed by atoms with Crippen molar-refractivity contribution in [2.24, 2.45) is 5.92 Å². The van der Waals surface area contributed by atoms with Crippen LogP contribution in [0.25, 0.3) is 11.1 Å². The summed E-state index contributed by atoms with van der Waals surface area (Å²) in [5.74, 6) is -2.75. The van der Waals surface area contributed by atoms with Crippen molar-refractivity contribution in [1.82, 2.24) is 9.21 Å². The molecular formula is C25H31F3N2O5S. The van der Waals surface area contributed by atoms with E-state index in [1.807, 2.05) is 36.4 Å². The van der Waals surface area contributed by atoms with E-state index < -0.39 is 40.0 Å². The summed E-state index contributed by atoms with van der Waals surface area (Å²) in [7, 11) is -3.54. The number of alkyl halides is 3. The van der Waals surface area contributed by atoms with Crippen LogP contribution in [0.5, 0.6) is 0 Å². The van der Waals surface area contributed by atoms with E-state index >= 15 is 0 Å². The molecule has 1 N–H and O–H groups in total. The van der Waals surface area contributed by atoms with Gasteiger partial charge in [0, 0.05) is 31.6 Å². The number of fused-ring (bicyclic) bond motifs is 3. The lowest BCUT2D eigenvalue weighted by molar-refractivity contribution is -0.107. The molecule has 11 heteroatoms. The Morgan fingerprint density at radius 1 is 1.11 bits per heavy atom. The zero-order valence-corrected chi connectivity index (χ0v) is 21.2. The Bertz CT molecular complexity index is 1170. The molecule has 198 valence electrons. The van der Waals surface area contributed by atoms with Crippen LogP contribution in [0.15, 0.2) is 48.5 Å². The first-order chi connectivity index (χ1) is 16.8. The molecule has 2 aromatic rings. The van der Waals surface area contributed by atoms with Crippen LogP contribution in [-0.2, 0) is 21.4 Å². The third-order valence-corrected chi connectivity index (χ3v) is 8.14. The second-order valence-corrected chi connectivity index (χ2v) is 11.2. The lowest BCUT2D eigenvalue weighted by Gasteiger charge is -2.35. The van der Waals surface area contributed by atoms with Gasteiger partial charge in [-0.3, -0.25) is 4.79 Å². The number of aliphatic hydroxyl groups is 1. The molecule has 0 saturated heterocycles. The molecule has 0 bridgehead atoms. The first-order valence-corrected chi connectivity index (χ1v) is 13.2. The van der Waals surface area contributed by atoms with E-state index in [9.17, 15) is 31.5 Å². The van der Waals surface area contributed by atoms with Gasteiger partial charge in [0.2, 0.25) is 10.0 Å². The van der Waals surface area contributed by atoms with E-state index in [-0.39, 0.29) is 32.2 Å². The van der Waals surface area contributed by atoms with E-state index in [2.05, 4.69) is 0 Å². The molecule has 0 fully saturated rings. The summed E-state index contributed by atoms with van der Waals surface area (Å²) >= 11 is 0. The number of aliphatic hydroxyl groups excluding tert-OH is 1. The molecule has 0 unspecified atom stereocenters. The molecule has 3 atom stereocenters. The summed E-state index contributed by atoms with van der Waals surface area (Å²) in [5, 5.41) is 9.85. The standard InChI is InChI=1S/C25H31F3N2O5S/c1-17-12-30(18(2)14-31)24(32)22-11-7-6-10-21(22)20-9-5-4-8-19(20)15-35-23(17)13-29(3)36(33,34)16-25(26,27)28/h4-11,17-18,23,31H,12-16H2,1-3H3/t17-,18-,23-/m0/s1. The van der Waals surface area contributed by atoms with Gasteiger partial charge in [0.1, 0.15) is 0 Å². The molecule has 1 aliphatic heterocycles. The number of carbonyl (C=O) groups excluding carboxylic acids is 1. The lowest BCUT2D eigenvalue weighted by atomic mass is 9.94. The van der Waals surface area contributed by atoms with Crippen molar-refractivity contribution in [1.29, 1.82) is 0 Å². The van der Waals surface area contributed by atoms with E-state index in [1.165, 1.54) is 4.90 Å². The van der Waals surface area contributed by atoms with E-state index in [1.54, 1.807) is 26.0 Å².